The van der Waals surface area contributed by atoms with Crippen molar-refractivity contribution in [2.45, 2.75) is 13.1 Å². The third-order valence-corrected chi connectivity index (χ3v) is 5.33. The van der Waals surface area contributed by atoms with Gasteiger partial charge in [-0.25, -0.2) is 0 Å². The molecule has 9 heteroatoms. The standard InChI is InChI=1S/C24H20F3N5O/c1-15-14-17(10-11-28-15)16-6-8-18(9-7-16)29-23-30-22-21(33-13-12-32(22)31-23)19-4-2-3-5-20(19)24(25,26)27/h2-11,14H,12-13H2,1H3,(H2,29,30,31). The summed E-state index contributed by atoms with van der Waals surface area (Å²) in [5.41, 5.74) is 6.15. The van der Waals surface area contributed by atoms with Crippen LogP contribution in [0, 0.1) is 6.92 Å². The Morgan fingerprint density at radius 3 is 2.58 bits per heavy atom. The zero-order chi connectivity index (χ0) is 23.0. The molecule has 0 saturated heterocycles. The Hall–Kier alpha value is -4.01. The number of ether oxygens (including phenoxy) is 1. The summed E-state index contributed by atoms with van der Waals surface area (Å²) >= 11 is 0. The van der Waals surface area contributed by atoms with Gasteiger partial charge in [-0.3, -0.25) is 15.4 Å². The van der Waals surface area contributed by atoms with Crippen LogP contribution in [-0.4, -0.2) is 29.1 Å². The van der Waals surface area contributed by atoms with Crippen LogP contribution in [0.25, 0.3) is 16.9 Å². The average molecular weight is 451 g/mol. The zero-order valence-electron chi connectivity index (χ0n) is 17.6. The van der Waals surface area contributed by atoms with Gasteiger partial charge in [0.2, 0.25) is 5.96 Å². The van der Waals surface area contributed by atoms with Gasteiger partial charge in [-0.05, 0) is 48.4 Å². The van der Waals surface area contributed by atoms with Crippen molar-refractivity contribution in [1.29, 1.82) is 0 Å². The molecule has 0 spiro atoms. The maximum Gasteiger partial charge on any atom is 0.417 e. The maximum atomic E-state index is 13.5. The van der Waals surface area contributed by atoms with E-state index in [0.29, 0.717) is 18.3 Å². The number of nitrogens with one attached hydrogen (secondary N) is 2. The number of pyridine rings is 1. The molecule has 1 aromatic heterocycles. The lowest BCUT2D eigenvalue weighted by atomic mass is 10.0. The summed E-state index contributed by atoms with van der Waals surface area (Å²) in [6, 6.07) is 17.1. The van der Waals surface area contributed by atoms with Crippen molar-refractivity contribution in [3.63, 3.8) is 0 Å². The van der Waals surface area contributed by atoms with Gasteiger partial charge in [0.1, 0.15) is 6.61 Å². The van der Waals surface area contributed by atoms with Crippen LogP contribution in [0.5, 0.6) is 0 Å². The Morgan fingerprint density at radius 2 is 1.82 bits per heavy atom. The van der Waals surface area contributed by atoms with Gasteiger partial charge in [0.25, 0.3) is 0 Å². The molecule has 6 nitrogen and oxygen atoms in total. The Kier molecular flexibility index (Phi) is 5.16. The van der Waals surface area contributed by atoms with Crippen molar-refractivity contribution < 1.29 is 17.9 Å². The van der Waals surface area contributed by atoms with Crippen LogP contribution in [0.4, 0.5) is 18.9 Å². The number of rotatable bonds is 3. The monoisotopic (exact) mass is 451 g/mol. The number of hydrogen-bond acceptors (Lipinski definition) is 6. The summed E-state index contributed by atoms with van der Waals surface area (Å²) in [6.07, 6.45) is -2.73. The van der Waals surface area contributed by atoms with Crippen molar-refractivity contribution in [2.24, 2.45) is 4.99 Å². The van der Waals surface area contributed by atoms with Crippen LogP contribution < -0.4 is 10.7 Å². The van der Waals surface area contributed by atoms with Crippen LogP contribution in [0.15, 0.2) is 77.7 Å². The molecule has 3 heterocycles. The normalized spacial score (nSPS) is 15.5. The van der Waals surface area contributed by atoms with Crippen molar-refractivity contribution in [2.75, 3.05) is 18.5 Å². The fourth-order valence-electron chi connectivity index (χ4n) is 3.80. The van der Waals surface area contributed by atoms with E-state index < -0.39 is 11.7 Å². The molecule has 0 radical (unpaired) electrons. The van der Waals surface area contributed by atoms with Crippen molar-refractivity contribution in [3.8, 4) is 11.1 Å². The first-order valence-corrected chi connectivity index (χ1v) is 10.4. The molecule has 5 rings (SSSR count). The molecule has 2 N–H and O–H groups in total. The Balaban J connectivity index is 1.42. The zero-order valence-corrected chi connectivity index (χ0v) is 17.6. The fourth-order valence-corrected chi connectivity index (χ4v) is 3.80. The van der Waals surface area contributed by atoms with E-state index in [1.165, 1.54) is 12.1 Å². The van der Waals surface area contributed by atoms with E-state index in [0.717, 1.165) is 28.6 Å². The molecule has 0 amide bonds. The quantitative estimate of drug-likeness (QED) is 0.586. The summed E-state index contributed by atoms with van der Waals surface area (Å²) < 4.78 is 46.2. The second kappa shape index (κ2) is 8.16. The van der Waals surface area contributed by atoms with Gasteiger partial charge >= 0.3 is 6.18 Å². The molecule has 0 fully saturated rings. The van der Waals surface area contributed by atoms with Crippen LogP contribution in [0.3, 0.4) is 0 Å². The summed E-state index contributed by atoms with van der Waals surface area (Å²) in [5, 5.41) is 4.86. The average Bonchev–Trinajstić information content (AvgIpc) is 3.21. The minimum absolute atomic E-state index is 0.0338. The van der Waals surface area contributed by atoms with Gasteiger partial charge in [-0.15, -0.1) is 0 Å². The highest BCUT2D eigenvalue weighted by Gasteiger charge is 2.37. The van der Waals surface area contributed by atoms with Crippen molar-refractivity contribution in [3.05, 3.63) is 89.5 Å². The van der Waals surface area contributed by atoms with Gasteiger partial charge in [0.15, 0.2) is 11.6 Å². The molecule has 3 aromatic rings. The number of aryl methyl sites for hydroxylation is 1. The van der Waals surface area contributed by atoms with Crippen LogP contribution in [0.2, 0.25) is 0 Å². The number of hydrogen-bond donors (Lipinski definition) is 2. The molecule has 0 bridgehead atoms. The number of aromatic nitrogens is 1. The lowest BCUT2D eigenvalue weighted by Crippen LogP contribution is -2.42. The maximum absolute atomic E-state index is 13.5. The molecule has 0 unspecified atom stereocenters. The number of hydrazine groups is 1. The molecular formula is C24H20F3N5O. The number of anilines is 1. The lowest BCUT2D eigenvalue weighted by molar-refractivity contribution is -0.138. The van der Waals surface area contributed by atoms with Crippen LogP contribution in [-0.2, 0) is 10.9 Å². The minimum Gasteiger partial charge on any atom is -0.487 e. The van der Waals surface area contributed by atoms with Gasteiger partial charge in [0, 0.05) is 23.1 Å². The third kappa shape index (κ3) is 4.21. The van der Waals surface area contributed by atoms with Gasteiger partial charge < -0.3 is 10.1 Å². The summed E-state index contributed by atoms with van der Waals surface area (Å²) in [4.78, 5) is 8.69. The second-order valence-electron chi connectivity index (χ2n) is 7.66. The highest BCUT2D eigenvalue weighted by Crippen LogP contribution is 2.38. The van der Waals surface area contributed by atoms with Crippen molar-refractivity contribution in [1.82, 2.24) is 15.4 Å². The van der Waals surface area contributed by atoms with Crippen LogP contribution >= 0.6 is 0 Å². The molecule has 2 aromatic carbocycles. The molecular weight excluding hydrogens is 431 g/mol. The van der Waals surface area contributed by atoms with Crippen LogP contribution in [0.1, 0.15) is 16.8 Å². The number of alkyl halides is 3. The Morgan fingerprint density at radius 1 is 1.03 bits per heavy atom. The highest BCUT2D eigenvalue weighted by atomic mass is 19.4. The number of aliphatic imine (C=N–C) groups is 1. The number of guanidine groups is 1. The summed E-state index contributed by atoms with van der Waals surface area (Å²) in [7, 11) is 0. The second-order valence-corrected chi connectivity index (χ2v) is 7.66. The number of benzene rings is 2. The van der Waals surface area contributed by atoms with E-state index in [1.54, 1.807) is 17.3 Å². The van der Waals surface area contributed by atoms with E-state index in [-0.39, 0.29) is 17.9 Å². The number of nitrogens with zero attached hydrogens (tertiary/aromatic N) is 3. The van der Waals surface area contributed by atoms with E-state index in [4.69, 9.17) is 4.74 Å². The highest BCUT2D eigenvalue weighted by molar-refractivity contribution is 5.96. The molecule has 0 atom stereocenters. The Labute approximate surface area is 188 Å². The molecule has 0 aliphatic carbocycles. The van der Waals surface area contributed by atoms with E-state index in [2.05, 4.69) is 20.7 Å². The van der Waals surface area contributed by atoms with Gasteiger partial charge in [-0.1, -0.05) is 30.3 Å². The predicted octanol–water partition coefficient (Wildman–Crippen LogP) is 5.02. The van der Waals surface area contributed by atoms with E-state index >= 15 is 0 Å². The summed E-state index contributed by atoms with van der Waals surface area (Å²) in [5.74, 6) is 0.816. The molecule has 168 valence electrons. The smallest absolute Gasteiger partial charge is 0.417 e. The summed E-state index contributed by atoms with van der Waals surface area (Å²) in [6.45, 7) is 2.63. The molecule has 2 aliphatic rings. The topological polar surface area (TPSA) is 61.8 Å². The van der Waals surface area contributed by atoms with E-state index in [1.807, 2.05) is 43.3 Å². The fraction of sp³-hybridized carbons (Fsp3) is 0.167. The molecule has 33 heavy (non-hydrogen) atoms. The first-order valence-electron chi connectivity index (χ1n) is 10.4. The predicted molar refractivity (Wildman–Crippen MR) is 120 cm³/mol. The SMILES string of the molecule is Cc1cc(-c2ccc(NC3=NC4=C(c5ccccc5C(F)(F)F)OCCN4N3)cc2)ccn1. The first-order chi connectivity index (χ1) is 15.9. The first kappa shape index (κ1) is 20.9. The Bertz CT molecular complexity index is 1250. The minimum atomic E-state index is -4.50. The number of halogens is 3. The van der Waals surface area contributed by atoms with Crippen molar-refractivity contribution >= 4 is 17.4 Å². The largest absolute Gasteiger partial charge is 0.487 e. The lowest BCUT2D eigenvalue weighted by Gasteiger charge is -2.28. The molecule has 0 saturated carbocycles. The molecule has 2 aliphatic heterocycles. The van der Waals surface area contributed by atoms with E-state index in [9.17, 15) is 13.2 Å². The van der Waals surface area contributed by atoms with Gasteiger partial charge in [0.05, 0.1) is 12.1 Å². The number of fused-ring (bicyclic) bond motifs is 1. The van der Waals surface area contributed by atoms with Gasteiger partial charge in [-0.2, -0.15) is 18.2 Å². The third-order valence-electron chi connectivity index (χ3n) is 5.33.